The number of carbonyl (C=O) groups excluding carboxylic acids is 2. The molecule has 0 aromatic heterocycles. The summed E-state index contributed by atoms with van der Waals surface area (Å²) in [6, 6.07) is 24.5. The number of amides is 2. The Balaban J connectivity index is 1.96. The van der Waals surface area contributed by atoms with E-state index in [4.69, 9.17) is 0 Å². The van der Waals surface area contributed by atoms with Gasteiger partial charge in [0.15, 0.2) is 0 Å². The van der Waals surface area contributed by atoms with Crippen LogP contribution in [0.3, 0.4) is 0 Å². The van der Waals surface area contributed by atoms with E-state index in [0.717, 1.165) is 11.1 Å². The van der Waals surface area contributed by atoms with Crippen molar-refractivity contribution in [1.82, 2.24) is 4.90 Å². The fourth-order valence-corrected chi connectivity index (χ4v) is 2.94. The number of hydrogen-bond acceptors (Lipinski definition) is 2. The highest BCUT2D eigenvalue weighted by Gasteiger charge is 2.19. The maximum absolute atomic E-state index is 13.2. The third kappa shape index (κ3) is 3.90. The molecule has 0 unspecified atom stereocenters. The van der Waals surface area contributed by atoms with Crippen molar-refractivity contribution < 1.29 is 9.59 Å². The summed E-state index contributed by atoms with van der Waals surface area (Å²) in [7, 11) is 5.14. The maximum atomic E-state index is 13.2. The lowest BCUT2D eigenvalue weighted by atomic mass is 9.99. The van der Waals surface area contributed by atoms with Gasteiger partial charge in [0.2, 0.25) is 0 Å². The molecule has 2 amide bonds. The Bertz CT molecular complexity index is 965. The standard InChI is InChI=1S/C23H22N2O2/c1-24(2)22(26)18-12-9-13-19(16-18)25(3)23(27)21-15-8-7-14-20(21)17-10-5-4-6-11-17/h4-16H,1-3H3. The molecule has 0 aliphatic rings. The third-order valence-electron chi connectivity index (χ3n) is 4.43. The summed E-state index contributed by atoms with van der Waals surface area (Å²) in [5.74, 6) is -0.216. The van der Waals surface area contributed by atoms with E-state index in [2.05, 4.69) is 0 Å². The van der Waals surface area contributed by atoms with Gasteiger partial charge in [0, 0.05) is 38.0 Å². The molecule has 3 aromatic carbocycles. The summed E-state index contributed by atoms with van der Waals surface area (Å²) in [6.45, 7) is 0. The zero-order valence-electron chi connectivity index (χ0n) is 15.7. The second-order valence-electron chi connectivity index (χ2n) is 6.53. The largest absolute Gasteiger partial charge is 0.345 e. The lowest BCUT2D eigenvalue weighted by molar-refractivity contribution is 0.0827. The quantitative estimate of drug-likeness (QED) is 0.696. The van der Waals surface area contributed by atoms with Crippen molar-refractivity contribution in [1.29, 1.82) is 0 Å². The number of benzene rings is 3. The molecule has 0 saturated carbocycles. The minimum absolute atomic E-state index is 0.0950. The van der Waals surface area contributed by atoms with Gasteiger partial charge in [-0.1, -0.05) is 54.6 Å². The first kappa shape index (κ1) is 18.4. The van der Waals surface area contributed by atoms with Gasteiger partial charge in [0.1, 0.15) is 0 Å². The van der Waals surface area contributed by atoms with Crippen molar-refractivity contribution in [3.05, 3.63) is 90.0 Å². The Morgan fingerprint density at radius 2 is 1.37 bits per heavy atom. The molecule has 0 spiro atoms. The van der Waals surface area contributed by atoms with E-state index in [1.54, 1.807) is 44.2 Å². The van der Waals surface area contributed by atoms with Crippen LogP contribution in [0, 0.1) is 0 Å². The number of anilines is 1. The first-order valence-electron chi connectivity index (χ1n) is 8.73. The van der Waals surface area contributed by atoms with Crippen LogP contribution in [0.5, 0.6) is 0 Å². The number of rotatable bonds is 4. The Morgan fingerprint density at radius 1 is 0.704 bits per heavy atom. The lowest BCUT2D eigenvalue weighted by Gasteiger charge is -2.20. The lowest BCUT2D eigenvalue weighted by Crippen LogP contribution is -2.27. The highest BCUT2D eigenvalue weighted by molar-refractivity contribution is 6.10. The summed E-state index contributed by atoms with van der Waals surface area (Å²) >= 11 is 0. The SMILES string of the molecule is CN(C)C(=O)c1cccc(N(C)C(=O)c2ccccc2-c2ccccc2)c1. The first-order valence-corrected chi connectivity index (χ1v) is 8.73. The molecule has 4 nitrogen and oxygen atoms in total. The Kier molecular flexibility index (Phi) is 5.36. The molecule has 0 heterocycles. The van der Waals surface area contributed by atoms with Gasteiger partial charge in [-0.25, -0.2) is 0 Å². The summed E-state index contributed by atoms with van der Waals surface area (Å²) < 4.78 is 0. The fraction of sp³-hybridized carbons (Fsp3) is 0.130. The van der Waals surface area contributed by atoms with Gasteiger partial charge in [0.05, 0.1) is 0 Å². The number of carbonyl (C=O) groups is 2. The van der Waals surface area contributed by atoms with Gasteiger partial charge < -0.3 is 9.80 Å². The average molecular weight is 358 g/mol. The van der Waals surface area contributed by atoms with Crippen molar-refractivity contribution in [3.8, 4) is 11.1 Å². The molecule has 3 aromatic rings. The predicted molar refractivity (Wildman–Crippen MR) is 109 cm³/mol. The predicted octanol–water partition coefficient (Wildman–Crippen LogP) is 4.33. The highest BCUT2D eigenvalue weighted by Crippen LogP contribution is 2.26. The van der Waals surface area contributed by atoms with Crippen LogP contribution < -0.4 is 4.90 Å². The average Bonchev–Trinajstić information content (AvgIpc) is 2.72. The van der Waals surface area contributed by atoms with E-state index >= 15 is 0 Å². The van der Waals surface area contributed by atoms with E-state index in [-0.39, 0.29) is 11.8 Å². The topological polar surface area (TPSA) is 40.6 Å². The molecule has 3 rings (SSSR count). The molecule has 4 heteroatoms. The molecule has 0 radical (unpaired) electrons. The zero-order chi connectivity index (χ0) is 19.4. The molecular formula is C23H22N2O2. The molecule has 27 heavy (non-hydrogen) atoms. The maximum Gasteiger partial charge on any atom is 0.258 e. The van der Waals surface area contributed by atoms with Crippen LogP contribution in [0.25, 0.3) is 11.1 Å². The van der Waals surface area contributed by atoms with Gasteiger partial charge in [0.25, 0.3) is 11.8 Å². The summed E-state index contributed by atoms with van der Waals surface area (Å²) in [6.07, 6.45) is 0. The van der Waals surface area contributed by atoms with E-state index < -0.39 is 0 Å². The zero-order valence-corrected chi connectivity index (χ0v) is 15.7. The molecule has 0 atom stereocenters. The number of hydrogen-bond donors (Lipinski definition) is 0. The molecule has 0 N–H and O–H groups in total. The third-order valence-corrected chi connectivity index (χ3v) is 4.43. The van der Waals surface area contributed by atoms with Crippen molar-refractivity contribution in [2.24, 2.45) is 0 Å². The first-order chi connectivity index (χ1) is 13.0. The fourth-order valence-electron chi connectivity index (χ4n) is 2.94. The monoisotopic (exact) mass is 358 g/mol. The summed E-state index contributed by atoms with van der Waals surface area (Å²) in [5, 5.41) is 0. The van der Waals surface area contributed by atoms with E-state index in [9.17, 15) is 9.59 Å². The molecule has 136 valence electrons. The van der Waals surface area contributed by atoms with Crippen LogP contribution in [0.1, 0.15) is 20.7 Å². The van der Waals surface area contributed by atoms with Gasteiger partial charge in [-0.15, -0.1) is 0 Å². The van der Waals surface area contributed by atoms with Crippen molar-refractivity contribution in [2.75, 3.05) is 26.0 Å². The summed E-state index contributed by atoms with van der Waals surface area (Å²) in [5.41, 5.74) is 3.72. The second-order valence-corrected chi connectivity index (χ2v) is 6.53. The van der Waals surface area contributed by atoms with Crippen LogP contribution in [-0.4, -0.2) is 37.9 Å². The van der Waals surface area contributed by atoms with Gasteiger partial charge >= 0.3 is 0 Å². The van der Waals surface area contributed by atoms with Gasteiger partial charge in [-0.05, 0) is 35.4 Å². The molecular weight excluding hydrogens is 336 g/mol. The summed E-state index contributed by atoms with van der Waals surface area (Å²) in [4.78, 5) is 28.5. The van der Waals surface area contributed by atoms with E-state index in [1.165, 1.54) is 4.90 Å². The van der Waals surface area contributed by atoms with Crippen LogP contribution in [0.4, 0.5) is 5.69 Å². The minimum Gasteiger partial charge on any atom is -0.345 e. The molecule has 0 aliphatic heterocycles. The molecule has 0 bridgehead atoms. The molecule has 0 aliphatic carbocycles. The Morgan fingerprint density at radius 3 is 2.07 bits per heavy atom. The molecule has 0 saturated heterocycles. The van der Waals surface area contributed by atoms with Crippen LogP contribution in [0.15, 0.2) is 78.9 Å². The van der Waals surface area contributed by atoms with Crippen molar-refractivity contribution in [2.45, 2.75) is 0 Å². The van der Waals surface area contributed by atoms with E-state index in [0.29, 0.717) is 16.8 Å². The highest BCUT2D eigenvalue weighted by atomic mass is 16.2. The van der Waals surface area contributed by atoms with Crippen LogP contribution in [-0.2, 0) is 0 Å². The Labute approximate surface area is 159 Å². The smallest absolute Gasteiger partial charge is 0.258 e. The van der Waals surface area contributed by atoms with Gasteiger partial charge in [-0.3, -0.25) is 9.59 Å². The second kappa shape index (κ2) is 7.87. The molecule has 0 fully saturated rings. The van der Waals surface area contributed by atoms with Crippen LogP contribution >= 0.6 is 0 Å². The van der Waals surface area contributed by atoms with Gasteiger partial charge in [-0.2, -0.15) is 0 Å². The minimum atomic E-state index is -0.121. The van der Waals surface area contributed by atoms with Crippen molar-refractivity contribution >= 4 is 17.5 Å². The number of nitrogens with zero attached hydrogens (tertiary/aromatic N) is 2. The van der Waals surface area contributed by atoms with E-state index in [1.807, 2.05) is 60.7 Å². The normalized spacial score (nSPS) is 10.3. The van der Waals surface area contributed by atoms with Crippen molar-refractivity contribution in [3.63, 3.8) is 0 Å². The Hall–Kier alpha value is -3.40. The van der Waals surface area contributed by atoms with Crippen LogP contribution in [0.2, 0.25) is 0 Å².